The molecule has 1 atom stereocenters. The molecule has 0 aromatic heterocycles. The number of carbonyl (C=O) groups is 2. The van der Waals surface area contributed by atoms with Crippen molar-refractivity contribution >= 4 is 35.0 Å². The van der Waals surface area contributed by atoms with Gasteiger partial charge in [0.2, 0.25) is 11.8 Å². The maximum Gasteiger partial charge on any atom is 0.237 e. The predicted octanol–water partition coefficient (Wildman–Crippen LogP) is 5.69. The minimum atomic E-state index is -0.221. The molecule has 0 aliphatic carbocycles. The molecule has 0 saturated heterocycles. The summed E-state index contributed by atoms with van der Waals surface area (Å²) in [4.78, 5) is 26.0. The molecule has 0 aliphatic heterocycles. The molecule has 0 bridgehead atoms. The zero-order valence-electron chi connectivity index (χ0n) is 17.2. The third-order valence-electron chi connectivity index (χ3n) is 4.55. The Labute approximate surface area is 182 Å². The van der Waals surface area contributed by atoms with E-state index in [1.807, 2.05) is 92.7 Å². The summed E-state index contributed by atoms with van der Waals surface area (Å²) in [5, 5.41) is 5.72. The highest BCUT2D eigenvalue weighted by atomic mass is 32.2. The minimum absolute atomic E-state index is 0.0217. The molecular formula is C25H26N2O2S. The molecule has 154 valence electrons. The van der Waals surface area contributed by atoms with Gasteiger partial charge in [-0.1, -0.05) is 55.5 Å². The van der Waals surface area contributed by atoms with Gasteiger partial charge < -0.3 is 10.6 Å². The van der Waals surface area contributed by atoms with Crippen molar-refractivity contribution < 1.29 is 9.59 Å². The van der Waals surface area contributed by atoms with Crippen LogP contribution in [0.3, 0.4) is 0 Å². The number of anilines is 2. The molecule has 1 unspecified atom stereocenters. The Morgan fingerprint density at radius 3 is 2.27 bits per heavy atom. The quantitative estimate of drug-likeness (QED) is 0.462. The average Bonchev–Trinajstić information content (AvgIpc) is 2.73. The number of benzene rings is 3. The van der Waals surface area contributed by atoms with Gasteiger partial charge in [0.05, 0.1) is 11.7 Å². The number of aryl methyl sites for hydroxylation is 1. The van der Waals surface area contributed by atoms with Gasteiger partial charge in [-0.3, -0.25) is 9.59 Å². The Kier molecular flexibility index (Phi) is 7.69. The first-order valence-corrected chi connectivity index (χ1v) is 10.9. The van der Waals surface area contributed by atoms with Crippen LogP contribution in [-0.2, 0) is 16.0 Å². The highest BCUT2D eigenvalue weighted by molar-refractivity contribution is 8.00. The van der Waals surface area contributed by atoms with Crippen LogP contribution in [0.1, 0.15) is 24.5 Å². The van der Waals surface area contributed by atoms with Gasteiger partial charge in [0.25, 0.3) is 0 Å². The molecule has 4 nitrogen and oxygen atoms in total. The Balaban J connectivity index is 1.61. The number of hydrogen-bond acceptors (Lipinski definition) is 3. The van der Waals surface area contributed by atoms with Gasteiger partial charge in [-0.15, -0.1) is 11.8 Å². The summed E-state index contributed by atoms with van der Waals surface area (Å²) < 4.78 is 0. The summed E-state index contributed by atoms with van der Waals surface area (Å²) >= 11 is 1.50. The lowest BCUT2D eigenvalue weighted by molar-refractivity contribution is -0.116. The summed E-state index contributed by atoms with van der Waals surface area (Å²) in [5.74, 6) is -0.0841. The second kappa shape index (κ2) is 10.6. The first-order valence-electron chi connectivity index (χ1n) is 10.0. The molecule has 2 amide bonds. The van der Waals surface area contributed by atoms with E-state index in [0.29, 0.717) is 12.8 Å². The van der Waals surface area contributed by atoms with Crippen molar-refractivity contribution in [2.24, 2.45) is 0 Å². The maximum absolute atomic E-state index is 12.7. The van der Waals surface area contributed by atoms with Crippen LogP contribution in [0.4, 0.5) is 11.4 Å². The van der Waals surface area contributed by atoms with Gasteiger partial charge in [-0.05, 0) is 54.8 Å². The van der Waals surface area contributed by atoms with Gasteiger partial charge in [-0.2, -0.15) is 0 Å². The third-order valence-corrected chi connectivity index (χ3v) is 5.91. The fourth-order valence-corrected chi connectivity index (χ4v) is 4.08. The molecule has 0 radical (unpaired) electrons. The smallest absolute Gasteiger partial charge is 0.237 e. The molecule has 0 heterocycles. The van der Waals surface area contributed by atoms with E-state index in [4.69, 9.17) is 0 Å². The van der Waals surface area contributed by atoms with Crippen molar-refractivity contribution in [2.75, 3.05) is 10.6 Å². The van der Waals surface area contributed by atoms with Gasteiger partial charge in [0, 0.05) is 16.3 Å². The average molecular weight is 419 g/mol. The molecule has 0 saturated carbocycles. The molecule has 0 fully saturated rings. The summed E-state index contributed by atoms with van der Waals surface area (Å²) in [6.07, 6.45) is 1.03. The van der Waals surface area contributed by atoms with E-state index in [9.17, 15) is 9.59 Å². The van der Waals surface area contributed by atoms with E-state index in [1.54, 1.807) is 0 Å². The Hall–Kier alpha value is -3.05. The topological polar surface area (TPSA) is 58.2 Å². The fraction of sp³-hybridized carbons (Fsp3) is 0.200. The number of hydrogen-bond donors (Lipinski definition) is 2. The van der Waals surface area contributed by atoms with Crippen molar-refractivity contribution in [3.8, 4) is 0 Å². The second-order valence-electron chi connectivity index (χ2n) is 7.11. The monoisotopic (exact) mass is 418 g/mol. The first-order chi connectivity index (χ1) is 14.5. The van der Waals surface area contributed by atoms with Crippen LogP contribution in [0, 0.1) is 6.92 Å². The lowest BCUT2D eigenvalue weighted by Gasteiger charge is -2.16. The van der Waals surface area contributed by atoms with E-state index in [1.165, 1.54) is 11.8 Å². The van der Waals surface area contributed by atoms with Crippen molar-refractivity contribution in [1.82, 2.24) is 0 Å². The van der Waals surface area contributed by atoms with Gasteiger partial charge >= 0.3 is 0 Å². The number of thioether (sulfide) groups is 1. The summed E-state index contributed by atoms with van der Waals surface area (Å²) in [6, 6.07) is 25.1. The Morgan fingerprint density at radius 2 is 1.57 bits per heavy atom. The summed E-state index contributed by atoms with van der Waals surface area (Å²) in [6.45, 7) is 4.00. The van der Waals surface area contributed by atoms with Crippen LogP contribution < -0.4 is 10.6 Å². The molecule has 30 heavy (non-hydrogen) atoms. The van der Waals surface area contributed by atoms with Crippen LogP contribution in [0.25, 0.3) is 0 Å². The van der Waals surface area contributed by atoms with Crippen molar-refractivity contribution in [3.05, 3.63) is 90.0 Å². The van der Waals surface area contributed by atoms with Crippen LogP contribution >= 0.6 is 11.8 Å². The van der Waals surface area contributed by atoms with E-state index >= 15 is 0 Å². The minimum Gasteiger partial charge on any atom is -0.326 e. The van der Waals surface area contributed by atoms with Gasteiger partial charge in [0.15, 0.2) is 0 Å². The van der Waals surface area contributed by atoms with Gasteiger partial charge in [0.1, 0.15) is 0 Å². The van der Waals surface area contributed by atoms with Crippen molar-refractivity contribution in [1.29, 1.82) is 0 Å². The molecule has 2 N–H and O–H groups in total. The van der Waals surface area contributed by atoms with Gasteiger partial charge in [-0.25, -0.2) is 0 Å². The highest BCUT2D eigenvalue weighted by Crippen LogP contribution is 2.28. The molecule has 0 spiro atoms. The van der Waals surface area contributed by atoms with E-state index in [0.717, 1.165) is 27.4 Å². The number of nitrogens with one attached hydrogen (secondary N) is 2. The third kappa shape index (κ3) is 6.49. The fourth-order valence-electron chi connectivity index (χ4n) is 3.07. The van der Waals surface area contributed by atoms with Crippen LogP contribution in [0.2, 0.25) is 0 Å². The van der Waals surface area contributed by atoms with E-state index in [2.05, 4.69) is 10.6 Å². The van der Waals surface area contributed by atoms with Crippen LogP contribution in [-0.4, -0.2) is 17.1 Å². The van der Waals surface area contributed by atoms with Crippen LogP contribution in [0.15, 0.2) is 83.8 Å². The maximum atomic E-state index is 12.7. The SMILES string of the molecule is CCC(Sc1cccc(NC(=O)Cc2ccccc2)c1)C(=O)Nc1cccc(C)c1. The lowest BCUT2D eigenvalue weighted by atomic mass is 10.1. The van der Waals surface area contributed by atoms with Crippen LogP contribution in [0.5, 0.6) is 0 Å². The number of amides is 2. The number of carbonyl (C=O) groups excluding carboxylic acids is 2. The Morgan fingerprint density at radius 1 is 0.867 bits per heavy atom. The summed E-state index contributed by atoms with van der Waals surface area (Å²) in [7, 11) is 0. The van der Waals surface area contributed by atoms with Crippen molar-refractivity contribution in [3.63, 3.8) is 0 Å². The number of rotatable bonds is 8. The molecule has 5 heteroatoms. The second-order valence-corrected chi connectivity index (χ2v) is 8.39. The summed E-state index contributed by atoms with van der Waals surface area (Å²) in [5.41, 5.74) is 3.61. The predicted molar refractivity (Wildman–Crippen MR) is 125 cm³/mol. The molecule has 3 aromatic carbocycles. The molecular weight excluding hydrogens is 392 g/mol. The van der Waals surface area contributed by atoms with Crippen molar-refractivity contribution in [2.45, 2.75) is 36.8 Å². The molecule has 3 aromatic rings. The van der Waals surface area contributed by atoms with E-state index < -0.39 is 0 Å². The standard InChI is InChI=1S/C25H26N2O2S/c1-3-23(25(29)27-20-12-7-9-18(2)15-20)30-22-14-8-13-21(17-22)26-24(28)16-19-10-5-4-6-11-19/h4-15,17,23H,3,16H2,1-2H3,(H,26,28)(H,27,29). The Bertz CT molecular complexity index is 1000. The molecule has 0 aliphatic rings. The lowest BCUT2D eigenvalue weighted by Crippen LogP contribution is -2.24. The first kappa shape index (κ1) is 21.7. The zero-order valence-corrected chi connectivity index (χ0v) is 18.0. The zero-order chi connectivity index (χ0) is 21.3. The van der Waals surface area contributed by atoms with E-state index in [-0.39, 0.29) is 17.1 Å². The molecule has 3 rings (SSSR count). The highest BCUT2D eigenvalue weighted by Gasteiger charge is 2.18. The largest absolute Gasteiger partial charge is 0.326 e. The normalized spacial score (nSPS) is 11.5.